The van der Waals surface area contributed by atoms with Crippen LogP contribution in [-0.2, 0) is 13.5 Å². The molecule has 0 saturated heterocycles. The zero-order valence-corrected chi connectivity index (χ0v) is 14.8. The fraction of sp³-hybridized carbons (Fsp3) is 0.389. The molecule has 0 aliphatic heterocycles. The largest absolute Gasteiger partial charge is 0.355 e. The summed E-state index contributed by atoms with van der Waals surface area (Å²) in [6.45, 7) is 6.09. The van der Waals surface area contributed by atoms with Gasteiger partial charge in [-0.05, 0) is 49.1 Å². The number of carbonyl (C=O) groups is 2. The molecule has 2 rings (SSSR count). The topological polar surface area (TPSA) is 76.0 Å². The summed E-state index contributed by atoms with van der Waals surface area (Å²) in [4.78, 5) is 24.2. The van der Waals surface area contributed by atoms with Crippen molar-refractivity contribution in [1.82, 2.24) is 15.1 Å². The highest BCUT2D eigenvalue weighted by atomic mass is 16.2. The molecule has 2 N–H and O–H groups in total. The third-order valence-corrected chi connectivity index (χ3v) is 3.74. The minimum Gasteiger partial charge on any atom is -0.355 e. The second-order valence-electron chi connectivity index (χ2n) is 6.31. The van der Waals surface area contributed by atoms with Crippen LogP contribution in [0.3, 0.4) is 0 Å². The molecule has 0 bridgehead atoms. The highest BCUT2D eigenvalue weighted by Crippen LogP contribution is 2.18. The van der Waals surface area contributed by atoms with E-state index in [2.05, 4.69) is 29.6 Å². The molecule has 6 heteroatoms. The summed E-state index contributed by atoms with van der Waals surface area (Å²) in [6.07, 6.45) is 0.834. The lowest BCUT2D eigenvalue weighted by molar-refractivity contribution is 0.0962. The van der Waals surface area contributed by atoms with Gasteiger partial charge in [-0.15, -0.1) is 0 Å². The van der Waals surface area contributed by atoms with Crippen LogP contribution in [0.25, 0.3) is 0 Å². The number of anilines is 1. The molecule has 0 atom stereocenters. The average Bonchev–Trinajstić information content (AvgIpc) is 2.88. The molecule has 6 nitrogen and oxygen atoms in total. The Kier molecular flexibility index (Phi) is 5.39. The Morgan fingerprint density at radius 1 is 1.21 bits per heavy atom. The van der Waals surface area contributed by atoms with Gasteiger partial charge in [0.2, 0.25) is 0 Å². The number of hydrogen-bond donors (Lipinski definition) is 2. The molecule has 0 aliphatic rings. The summed E-state index contributed by atoms with van der Waals surface area (Å²) in [5.74, 6) is 0.118. The van der Waals surface area contributed by atoms with Gasteiger partial charge in [-0.2, -0.15) is 5.10 Å². The van der Waals surface area contributed by atoms with E-state index in [-0.39, 0.29) is 11.8 Å². The summed E-state index contributed by atoms with van der Waals surface area (Å²) < 4.78 is 1.60. The zero-order chi connectivity index (χ0) is 17.9. The van der Waals surface area contributed by atoms with Gasteiger partial charge in [0.15, 0.2) is 0 Å². The maximum atomic E-state index is 12.5. The second-order valence-corrected chi connectivity index (χ2v) is 6.31. The van der Waals surface area contributed by atoms with E-state index in [0.717, 1.165) is 17.7 Å². The van der Waals surface area contributed by atoms with E-state index >= 15 is 0 Å². The Morgan fingerprint density at radius 2 is 1.92 bits per heavy atom. The molecule has 0 aliphatic carbocycles. The first-order valence-corrected chi connectivity index (χ1v) is 7.98. The van der Waals surface area contributed by atoms with Crippen molar-refractivity contribution >= 4 is 17.5 Å². The number of aromatic nitrogens is 2. The van der Waals surface area contributed by atoms with E-state index < -0.39 is 0 Å². The van der Waals surface area contributed by atoms with E-state index in [4.69, 9.17) is 0 Å². The van der Waals surface area contributed by atoms with Crippen molar-refractivity contribution in [3.05, 3.63) is 46.8 Å². The molecule has 1 aromatic carbocycles. The molecule has 1 aromatic heterocycles. The van der Waals surface area contributed by atoms with Crippen LogP contribution < -0.4 is 10.6 Å². The third kappa shape index (κ3) is 4.01. The van der Waals surface area contributed by atoms with Gasteiger partial charge in [-0.1, -0.05) is 13.8 Å². The van der Waals surface area contributed by atoms with Crippen LogP contribution in [-0.4, -0.2) is 28.6 Å². The van der Waals surface area contributed by atoms with Crippen LogP contribution in [0.5, 0.6) is 0 Å². The Morgan fingerprint density at radius 3 is 2.50 bits per heavy atom. The lowest BCUT2D eigenvalue weighted by Gasteiger charge is -2.10. The van der Waals surface area contributed by atoms with Crippen LogP contribution in [0.15, 0.2) is 24.3 Å². The van der Waals surface area contributed by atoms with Crippen molar-refractivity contribution in [3.8, 4) is 0 Å². The molecule has 2 amide bonds. The van der Waals surface area contributed by atoms with E-state index in [1.807, 2.05) is 13.0 Å². The second kappa shape index (κ2) is 7.29. The average molecular weight is 328 g/mol. The van der Waals surface area contributed by atoms with Crippen molar-refractivity contribution in [3.63, 3.8) is 0 Å². The molecular formula is C18H24N4O2. The van der Waals surface area contributed by atoms with Gasteiger partial charge in [-0.3, -0.25) is 14.3 Å². The summed E-state index contributed by atoms with van der Waals surface area (Å²) in [6, 6.07) is 7.00. The predicted molar refractivity (Wildman–Crippen MR) is 94.3 cm³/mol. The first kappa shape index (κ1) is 17.7. The number of rotatable bonds is 5. The minimum atomic E-state index is -0.212. The zero-order valence-electron chi connectivity index (χ0n) is 14.8. The first-order chi connectivity index (χ1) is 11.3. The van der Waals surface area contributed by atoms with Crippen LogP contribution in [0.2, 0.25) is 0 Å². The van der Waals surface area contributed by atoms with Crippen molar-refractivity contribution in [1.29, 1.82) is 0 Å². The Balaban J connectivity index is 2.18. The number of carbonyl (C=O) groups excluding carboxylic acids is 2. The van der Waals surface area contributed by atoms with Crippen molar-refractivity contribution in [2.45, 2.75) is 27.2 Å². The van der Waals surface area contributed by atoms with Gasteiger partial charge < -0.3 is 10.6 Å². The molecule has 0 radical (unpaired) electrons. The van der Waals surface area contributed by atoms with Crippen molar-refractivity contribution in [2.24, 2.45) is 13.0 Å². The normalized spacial score (nSPS) is 10.8. The highest BCUT2D eigenvalue weighted by Gasteiger charge is 2.15. The molecule has 1 heterocycles. The summed E-state index contributed by atoms with van der Waals surface area (Å²) >= 11 is 0. The van der Waals surface area contributed by atoms with Crippen molar-refractivity contribution in [2.75, 3.05) is 12.4 Å². The molecule has 24 heavy (non-hydrogen) atoms. The van der Waals surface area contributed by atoms with Gasteiger partial charge in [-0.25, -0.2) is 0 Å². The molecule has 0 saturated carbocycles. The molecule has 0 spiro atoms. The SMILES string of the molecule is CNC(=O)c1ccc(NC(=O)c2cc(CC(C)C)nn2C)c(C)c1. The van der Waals surface area contributed by atoms with Crippen LogP contribution in [0.1, 0.15) is 46.0 Å². The maximum absolute atomic E-state index is 12.5. The van der Waals surface area contributed by atoms with Gasteiger partial charge in [0.25, 0.3) is 11.8 Å². The fourth-order valence-corrected chi connectivity index (χ4v) is 2.53. The van der Waals surface area contributed by atoms with Crippen LogP contribution >= 0.6 is 0 Å². The molecule has 2 aromatic rings. The molecular weight excluding hydrogens is 304 g/mol. The number of aryl methyl sites for hydroxylation is 2. The van der Waals surface area contributed by atoms with Crippen LogP contribution in [0.4, 0.5) is 5.69 Å². The van der Waals surface area contributed by atoms with E-state index in [1.165, 1.54) is 0 Å². The molecule has 128 valence electrons. The van der Waals surface area contributed by atoms with Gasteiger partial charge in [0.1, 0.15) is 5.69 Å². The standard InChI is InChI=1S/C18H24N4O2/c1-11(2)8-14-10-16(22(5)21-14)18(24)20-15-7-6-13(9-12(15)3)17(23)19-4/h6-7,9-11H,8H2,1-5H3,(H,19,23)(H,20,24). The lowest BCUT2D eigenvalue weighted by atomic mass is 10.1. The van der Waals surface area contributed by atoms with Gasteiger partial charge >= 0.3 is 0 Å². The van der Waals surface area contributed by atoms with Crippen LogP contribution in [0, 0.1) is 12.8 Å². The van der Waals surface area contributed by atoms with E-state index in [1.54, 1.807) is 37.0 Å². The highest BCUT2D eigenvalue weighted by molar-refractivity contribution is 6.04. The lowest BCUT2D eigenvalue weighted by Crippen LogP contribution is -2.19. The summed E-state index contributed by atoms with van der Waals surface area (Å²) in [5, 5.41) is 9.86. The quantitative estimate of drug-likeness (QED) is 0.885. The number of benzene rings is 1. The third-order valence-electron chi connectivity index (χ3n) is 3.74. The minimum absolute atomic E-state index is 0.152. The number of nitrogens with one attached hydrogen (secondary N) is 2. The van der Waals surface area contributed by atoms with E-state index in [0.29, 0.717) is 22.9 Å². The Bertz CT molecular complexity index is 762. The monoisotopic (exact) mass is 328 g/mol. The number of amides is 2. The Labute approximate surface area is 142 Å². The molecule has 0 fully saturated rings. The number of nitrogens with zero attached hydrogens (tertiary/aromatic N) is 2. The van der Waals surface area contributed by atoms with Crippen molar-refractivity contribution < 1.29 is 9.59 Å². The first-order valence-electron chi connectivity index (χ1n) is 7.98. The maximum Gasteiger partial charge on any atom is 0.273 e. The van der Waals surface area contributed by atoms with Gasteiger partial charge in [0.05, 0.1) is 5.69 Å². The Hall–Kier alpha value is -2.63. The predicted octanol–water partition coefficient (Wildman–Crippen LogP) is 2.54. The number of hydrogen-bond acceptors (Lipinski definition) is 3. The summed E-state index contributed by atoms with van der Waals surface area (Å²) in [7, 11) is 3.35. The fourth-order valence-electron chi connectivity index (χ4n) is 2.53. The smallest absolute Gasteiger partial charge is 0.273 e. The summed E-state index contributed by atoms with van der Waals surface area (Å²) in [5.41, 5.74) is 3.49. The van der Waals surface area contributed by atoms with E-state index in [9.17, 15) is 9.59 Å². The molecule has 0 unspecified atom stereocenters. The van der Waals surface area contributed by atoms with Gasteiger partial charge in [0, 0.05) is 25.3 Å².